The van der Waals surface area contributed by atoms with Gasteiger partial charge in [0.1, 0.15) is 17.3 Å². The Bertz CT molecular complexity index is 616. The summed E-state index contributed by atoms with van der Waals surface area (Å²) in [6.07, 6.45) is 9.80. The number of benzene rings is 1. The number of aliphatic imine (C=N–C) groups is 1. The molecule has 0 aliphatic rings. The van der Waals surface area contributed by atoms with E-state index in [1.807, 2.05) is 26.0 Å². The van der Waals surface area contributed by atoms with E-state index in [9.17, 15) is 4.39 Å². The fraction of sp³-hybridized carbons (Fsp3) is 0.316. The Morgan fingerprint density at radius 3 is 2.70 bits per heavy atom. The molecule has 124 valence electrons. The van der Waals surface area contributed by atoms with Crippen molar-refractivity contribution in [1.82, 2.24) is 0 Å². The van der Waals surface area contributed by atoms with Crippen LogP contribution in [0.2, 0.25) is 0 Å². The molecule has 1 aromatic carbocycles. The van der Waals surface area contributed by atoms with E-state index >= 15 is 0 Å². The van der Waals surface area contributed by atoms with Crippen molar-refractivity contribution in [3.05, 3.63) is 59.6 Å². The molecule has 0 aliphatic carbocycles. The number of halogens is 1. The van der Waals surface area contributed by atoms with Gasteiger partial charge >= 0.3 is 0 Å². The van der Waals surface area contributed by atoms with E-state index in [0.717, 1.165) is 29.9 Å². The zero-order valence-corrected chi connectivity index (χ0v) is 14.2. The quantitative estimate of drug-likeness (QED) is 0.485. The molecule has 1 rings (SSSR count). The number of allylic oxidation sites excluding steroid dienone is 6. The van der Waals surface area contributed by atoms with Crippen LogP contribution in [0.3, 0.4) is 0 Å². The number of unbranched alkanes of at least 4 members (excludes halogenated alkanes) is 1. The highest BCUT2D eigenvalue weighted by atomic mass is 19.1. The molecule has 0 N–H and O–H groups in total. The second-order valence-corrected chi connectivity index (χ2v) is 4.91. The van der Waals surface area contributed by atoms with Gasteiger partial charge in [0.15, 0.2) is 0 Å². The molecule has 0 aliphatic heterocycles. The molecule has 0 radical (unpaired) electrons. The second-order valence-electron chi connectivity index (χ2n) is 4.91. The first-order valence-electron chi connectivity index (χ1n) is 7.57. The zero-order valence-electron chi connectivity index (χ0n) is 14.2. The van der Waals surface area contributed by atoms with E-state index in [1.54, 1.807) is 44.7 Å². The van der Waals surface area contributed by atoms with Gasteiger partial charge in [-0.05, 0) is 43.7 Å². The lowest BCUT2D eigenvalue weighted by molar-refractivity contribution is 0.394. The minimum Gasteiger partial charge on any atom is -0.497 e. The molecule has 0 atom stereocenters. The van der Waals surface area contributed by atoms with Gasteiger partial charge in [0, 0.05) is 23.5 Å². The van der Waals surface area contributed by atoms with Crippen molar-refractivity contribution in [3.8, 4) is 11.5 Å². The fourth-order valence-electron chi connectivity index (χ4n) is 1.77. The molecule has 0 bridgehead atoms. The Balaban J connectivity index is 2.76. The maximum absolute atomic E-state index is 13.3. The first-order chi connectivity index (χ1) is 11.1. The van der Waals surface area contributed by atoms with E-state index in [1.165, 1.54) is 6.08 Å². The van der Waals surface area contributed by atoms with E-state index in [-0.39, 0.29) is 5.83 Å². The SMILES string of the molecule is CCCC=C(F)C=CC=C(C)N=Cc1ccc(OC)cc1OC. The van der Waals surface area contributed by atoms with Gasteiger partial charge in [-0.1, -0.05) is 19.4 Å². The molecule has 0 unspecified atom stereocenters. The monoisotopic (exact) mass is 317 g/mol. The summed E-state index contributed by atoms with van der Waals surface area (Å²) in [5.41, 5.74) is 1.61. The van der Waals surface area contributed by atoms with Gasteiger partial charge < -0.3 is 9.47 Å². The fourth-order valence-corrected chi connectivity index (χ4v) is 1.77. The largest absolute Gasteiger partial charge is 0.497 e. The Labute approximate surface area is 137 Å². The van der Waals surface area contributed by atoms with Crippen LogP contribution in [0.5, 0.6) is 11.5 Å². The molecule has 0 spiro atoms. The summed E-state index contributed by atoms with van der Waals surface area (Å²) in [4.78, 5) is 4.34. The summed E-state index contributed by atoms with van der Waals surface area (Å²) in [6.45, 7) is 3.87. The lowest BCUT2D eigenvalue weighted by Crippen LogP contribution is -1.92. The van der Waals surface area contributed by atoms with Crippen molar-refractivity contribution in [2.24, 2.45) is 4.99 Å². The molecule has 0 fully saturated rings. The Kier molecular flexibility index (Phi) is 8.43. The van der Waals surface area contributed by atoms with Gasteiger partial charge in [0.05, 0.1) is 14.2 Å². The number of hydrogen-bond donors (Lipinski definition) is 0. The molecule has 3 nitrogen and oxygen atoms in total. The molecule has 0 amide bonds. The lowest BCUT2D eigenvalue weighted by atomic mass is 10.2. The zero-order chi connectivity index (χ0) is 17.1. The Morgan fingerprint density at radius 2 is 2.04 bits per heavy atom. The average Bonchev–Trinajstić information content (AvgIpc) is 2.57. The van der Waals surface area contributed by atoms with Crippen LogP contribution in [0.15, 0.2) is 59.0 Å². The maximum atomic E-state index is 13.3. The highest BCUT2D eigenvalue weighted by Gasteiger charge is 2.02. The predicted molar refractivity (Wildman–Crippen MR) is 94.1 cm³/mol. The first kappa shape index (κ1) is 18.7. The maximum Gasteiger partial charge on any atom is 0.131 e. The predicted octanol–water partition coefficient (Wildman–Crippen LogP) is 5.24. The Morgan fingerprint density at radius 1 is 1.26 bits per heavy atom. The highest BCUT2D eigenvalue weighted by molar-refractivity contribution is 5.84. The van der Waals surface area contributed by atoms with E-state index in [2.05, 4.69) is 4.99 Å². The third kappa shape index (κ3) is 6.96. The van der Waals surface area contributed by atoms with Crippen LogP contribution in [0.25, 0.3) is 0 Å². The molecule has 1 aromatic rings. The topological polar surface area (TPSA) is 30.8 Å². The minimum atomic E-state index is -0.225. The standard InChI is InChI=1S/C19H24FNO2/c1-5-6-9-17(20)10-7-8-15(2)21-14-16-11-12-18(22-3)13-19(16)23-4/h7-14H,5-6H2,1-4H3. The third-order valence-electron chi connectivity index (χ3n) is 3.07. The van der Waals surface area contributed by atoms with Crippen molar-refractivity contribution in [2.45, 2.75) is 26.7 Å². The molecule has 0 heterocycles. The van der Waals surface area contributed by atoms with Crippen LogP contribution in [0, 0.1) is 0 Å². The van der Waals surface area contributed by atoms with Crippen LogP contribution >= 0.6 is 0 Å². The molecule has 0 saturated carbocycles. The van der Waals surface area contributed by atoms with Crippen LogP contribution in [-0.2, 0) is 0 Å². The number of nitrogens with zero attached hydrogens (tertiary/aromatic N) is 1. The van der Waals surface area contributed by atoms with Crippen molar-refractivity contribution in [1.29, 1.82) is 0 Å². The van der Waals surface area contributed by atoms with Crippen molar-refractivity contribution >= 4 is 6.21 Å². The van der Waals surface area contributed by atoms with E-state index in [4.69, 9.17) is 9.47 Å². The molecular formula is C19H24FNO2. The van der Waals surface area contributed by atoms with Gasteiger partial charge in [-0.2, -0.15) is 0 Å². The van der Waals surface area contributed by atoms with E-state index in [0.29, 0.717) is 5.75 Å². The van der Waals surface area contributed by atoms with Gasteiger partial charge in [-0.3, -0.25) is 4.99 Å². The molecule has 0 saturated heterocycles. The van der Waals surface area contributed by atoms with Crippen LogP contribution in [0.4, 0.5) is 4.39 Å². The second kappa shape index (κ2) is 10.4. The number of hydrogen-bond acceptors (Lipinski definition) is 3. The number of ether oxygens (including phenoxy) is 2. The van der Waals surface area contributed by atoms with Gasteiger partial charge in [0.2, 0.25) is 0 Å². The third-order valence-corrected chi connectivity index (χ3v) is 3.07. The van der Waals surface area contributed by atoms with Crippen molar-refractivity contribution < 1.29 is 13.9 Å². The highest BCUT2D eigenvalue weighted by Crippen LogP contribution is 2.23. The number of rotatable bonds is 8. The summed E-state index contributed by atoms with van der Waals surface area (Å²) < 4.78 is 23.8. The van der Waals surface area contributed by atoms with E-state index < -0.39 is 0 Å². The summed E-state index contributed by atoms with van der Waals surface area (Å²) in [6, 6.07) is 5.52. The summed E-state index contributed by atoms with van der Waals surface area (Å²) in [7, 11) is 3.21. The lowest BCUT2D eigenvalue weighted by Gasteiger charge is -2.06. The molecule has 4 heteroatoms. The van der Waals surface area contributed by atoms with Gasteiger partial charge in [-0.25, -0.2) is 4.39 Å². The molecule has 0 aromatic heterocycles. The normalized spacial score (nSPS) is 13.1. The van der Waals surface area contributed by atoms with Crippen LogP contribution < -0.4 is 9.47 Å². The van der Waals surface area contributed by atoms with Gasteiger partial charge in [0.25, 0.3) is 0 Å². The van der Waals surface area contributed by atoms with Crippen LogP contribution in [0.1, 0.15) is 32.3 Å². The number of methoxy groups -OCH3 is 2. The average molecular weight is 317 g/mol. The smallest absolute Gasteiger partial charge is 0.131 e. The van der Waals surface area contributed by atoms with Crippen molar-refractivity contribution in [3.63, 3.8) is 0 Å². The summed E-state index contributed by atoms with van der Waals surface area (Å²) in [5.74, 6) is 1.19. The summed E-state index contributed by atoms with van der Waals surface area (Å²) >= 11 is 0. The Hall–Kier alpha value is -2.36. The van der Waals surface area contributed by atoms with Crippen LogP contribution in [-0.4, -0.2) is 20.4 Å². The first-order valence-corrected chi connectivity index (χ1v) is 7.57. The molecular weight excluding hydrogens is 293 g/mol. The summed E-state index contributed by atoms with van der Waals surface area (Å²) in [5, 5.41) is 0. The van der Waals surface area contributed by atoms with Crippen molar-refractivity contribution in [2.75, 3.05) is 14.2 Å². The van der Waals surface area contributed by atoms with Gasteiger partial charge in [-0.15, -0.1) is 0 Å². The molecule has 23 heavy (non-hydrogen) atoms. The minimum absolute atomic E-state index is 0.225.